The van der Waals surface area contributed by atoms with Gasteiger partial charge in [-0.2, -0.15) is 0 Å². The van der Waals surface area contributed by atoms with E-state index < -0.39 is 4.92 Å². The lowest BCUT2D eigenvalue weighted by Gasteiger charge is -1.96. The zero-order valence-electron chi connectivity index (χ0n) is 16.0. The van der Waals surface area contributed by atoms with Crippen molar-refractivity contribution in [1.82, 2.24) is 0 Å². The summed E-state index contributed by atoms with van der Waals surface area (Å²) in [5.74, 6) is 0. The first-order valence-corrected chi connectivity index (χ1v) is 9.34. The fraction of sp³-hybridized carbons (Fsp3) is 0.550. The summed E-state index contributed by atoms with van der Waals surface area (Å²) in [6.45, 7) is 2.09. The second-order valence-electron chi connectivity index (χ2n) is 6.02. The van der Waals surface area contributed by atoms with Gasteiger partial charge in [-0.05, 0) is 44.3 Å². The van der Waals surface area contributed by atoms with Gasteiger partial charge in [-0.3, -0.25) is 25.0 Å². The molecule has 0 aromatic carbocycles. The van der Waals surface area contributed by atoms with E-state index in [0.717, 1.165) is 25.7 Å². The van der Waals surface area contributed by atoms with E-state index >= 15 is 0 Å². The minimum atomic E-state index is -0.419. The van der Waals surface area contributed by atoms with Gasteiger partial charge in [0.2, 0.25) is 11.4 Å². The molecule has 0 spiro atoms. The predicted molar refractivity (Wildman–Crippen MR) is 106 cm³/mol. The normalized spacial score (nSPS) is 12.8. The molecule has 0 aromatic rings. The SMILES string of the molecule is CCCCC/C=C(/C/C=C/C/C=C/C/C(=C/CCC[C]=O)[N+](=O)[O-])[N+](=O)[O-]. The molecule has 1 radical (unpaired) electrons. The van der Waals surface area contributed by atoms with Crippen molar-refractivity contribution in [3.8, 4) is 0 Å². The maximum absolute atomic E-state index is 11.0. The van der Waals surface area contributed by atoms with Gasteiger partial charge in [-0.1, -0.05) is 44.1 Å². The minimum absolute atomic E-state index is 0.103. The fourth-order valence-corrected chi connectivity index (χ4v) is 2.25. The van der Waals surface area contributed by atoms with E-state index in [2.05, 4.69) is 6.92 Å². The van der Waals surface area contributed by atoms with Crippen LogP contribution in [0.25, 0.3) is 0 Å². The summed E-state index contributed by atoms with van der Waals surface area (Å²) in [5.41, 5.74) is 0.309. The number of allylic oxidation sites excluding steroid dienone is 6. The van der Waals surface area contributed by atoms with Gasteiger partial charge in [0.15, 0.2) is 6.29 Å². The Morgan fingerprint density at radius 3 is 1.81 bits per heavy atom. The van der Waals surface area contributed by atoms with E-state index in [1.165, 1.54) is 6.08 Å². The molecule has 0 atom stereocenters. The quantitative estimate of drug-likeness (QED) is 0.154. The van der Waals surface area contributed by atoms with Gasteiger partial charge in [0.05, 0.1) is 22.7 Å². The summed E-state index contributed by atoms with van der Waals surface area (Å²) in [6.07, 6.45) is 18.2. The number of unbranched alkanes of at least 4 members (excludes halogenated alkanes) is 5. The Hall–Kier alpha value is -2.57. The Labute approximate surface area is 160 Å². The molecule has 7 heteroatoms. The molecule has 0 unspecified atom stereocenters. The van der Waals surface area contributed by atoms with Crippen molar-refractivity contribution in [2.24, 2.45) is 0 Å². The maximum atomic E-state index is 11.0. The average Bonchev–Trinajstić information content (AvgIpc) is 2.63. The van der Waals surface area contributed by atoms with Crippen LogP contribution in [-0.4, -0.2) is 16.1 Å². The Balaban J connectivity index is 4.31. The van der Waals surface area contributed by atoms with Crippen molar-refractivity contribution in [1.29, 1.82) is 0 Å². The molecule has 149 valence electrons. The molecule has 27 heavy (non-hydrogen) atoms. The van der Waals surface area contributed by atoms with Gasteiger partial charge in [0.25, 0.3) is 0 Å². The molecule has 0 aliphatic rings. The van der Waals surface area contributed by atoms with Crippen LogP contribution >= 0.6 is 0 Å². The zero-order valence-corrected chi connectivity index (χ0v) is 16.0. The van der Waals surface area contributed by atoms with Crippen LogP contribution in [0, 0.1) is 20.2 Å². The molecule has 0 rings (SSSR count). The number of hydrogen-bond acceptors (Lipinski definition) is 5. The molecule has 0 saturated carbocycles. The number of rotatable bonds is 16. The lowest BCUT2D eigenvalue weighted by molar-refractivity contribution is -0.427. The van der Waals surface area contributed by atoms with Gasteiger partial charge in [0.1, 0.15) is 0 Å². The van der Waals surface area contributed by atoms with E-state index in [4.69, 9.17) is 0 Å². The van der Waals surface area contributed by atoms with Crippen LogP contribution in [0.15, 0.2) is 47.9 Å². The number of carbonyl (C=O) groups excluding carboxylic acids is 1. The molecule has 0 aliphatic carbocycles. The Bertz CT molecular complexity index is 577. The second-order valence-corrected chi connectivity index (χ2v) is 6.02. The van der Waals surface area contributed by atoms with Crippen LogP contribution in [0.5, 0.6) is 0 Å². The van der Waals surface area contributed by atoms with Crippen LogP contribution in [-0.2, 0) is 4.79 Å². The first-order chi connectivity index (χ1) is 13.0. The lowest BCUT2D eigenvalue weighted by Crippen LogP contribution is -1.97. The van der Waals surface area contributed by atoms with Crippen LogP contribution in [0.3, 0.4) is 0 Å². The molecule has 0 heterocycles. The first kappa shape index (κ1) is 24.4. The van der Waals surface area contributed by atoms with Crippen molar-refractivity contribution in [2.75, 3.05) is 0 Å². The van der Waals surface area contributed by atoms with Crippen molar-refractivity contribution < 1.29 is 14.6 Å². The van der Waals surface area contributed by atoms with Crippen LogP contribution < -0.4 is 0 Å². The highest BCUT2D eigenvalue weighted by Gasteiger charge is 2.07. The van der Waals surface area contributed by atoms with Crippen molar-refractivity contribution >= 4 is 6.29 Å². The van der Waals surface area contributed by atoms with Gasteiger partial charge >= 0.3 is 0 Å². The van der Waals surface area contributed by atoms with Gasteiger partial charge in [-0.15, -0.1) is 0 Å². The van der Waals surface area contributed by atoms with Gasteiger partial charge in [0, 0.05) is 6.42 Å². The van der Waals surface area contributed by atoms with Crippen molar-refractivity contribution in [3.05, 3.63) is 68.1 Å². The number of hydrogen-bond donors (Lipinski definition) is 0. The third-order valence-corrected chi connectivity index (χ3v) is 3.78. The highest BCUT2D eigenvalue weighted by Crippen LogP contribution is 2.10. The van der Waals surface area contributed by atoms with Crippen molar-refractivity contribution in [3.63, 3.8) is 0 Å². The highest BCUT2D eigenvalue weighted by molar-refractivity contribution is 5.50. The molecule has 0 fully saturated rings. The van der Waals surface area contributed by atoms with Crippen molar-refractivity contribution in [2.45, 2.75) is 71.1 Å². The molecule has 0 aliphatic heterocycles. The summed E-state index contributed by atoms with van der Waals surface area (Å²) in [5, 5.41) is 21.9. The summed E-state index contributed by atoms with van der Waals surface area (Å²) in [4.78, 5) is 31.3. The molecule has 0 amide bonds. The fourth-order valence-electron chi connectivity index (χ4n) is 2.25. The van der Waals surface area contributed by atoms with E-state index in [-0.39, 0.29) is 35.6 Å². The highest BCUT2D eigenvalue weighted by atomic mass is 16.6. The Kier molecular flexibility index (Phi) is 15.3. The van der Waals surface area contributed by atoms with E-state index in [0.29, 0.717) is 19.3 Å². The molecule has 0 N–H and O–H groups in total. The molecule has 7 nitrogen and oxygen atoms in total. The maximum Gasteiger partial charge on any atom is 0.246 e. The Morgan fingerprint density at radius 1 is 0.852 bits per heavy atom. The van der Waals surface area contributed by atoms with Gasteiger partial charge in [-0.25, -0.2) is 0 Å². The summed E-state index contributed by atoms with van der Waals surface area (Å²) < 4.78 is 0. The van der Waals surface area contributed by atoms with Crippen LogP contribution in [0.1, 0.15) is 71.1 Å². The molecule has 0 aromatic heterocycles. The molecule has 0 bridgehead atoms. The van der Waals surface area contributed by atoms with E-state index in [1.807, 2.05) is 6.08 Å². The van der Waals surface area contributed by atoms with Crippen LogP contribution in [0.4, 0.5) is 0 Å². The molecular weight excluding hydrogens is 348 g/mol. The lowest BCUT2D eigenvalue weighted by atomic mass is 10.1. The van der Waals surface area contributed by atoms with E-state index in [9.17, 15) is 25.0 Å². The van der Waals surface area contributed by atoms with E-state index in [1.54, 1.807) is 30.6 Å². The topological polar surface area (TPSA) is 103 Å². The number of nitro groups is 2. The zero-order chi connectivity index (χ0) is 20.3. The van der Waals surface area contributed by atoms with Crippen LogP contribution in [0.2, 0.25) is 0 Å². The first-order valence-electron chi connectivity index (χ1n) is 9.34. The summed E-state index contributed by atoms with van der Waals surface area (Å²) in [7, 11) is 0. The predicted octanol–water partition coefficient (Wildman–Crippen LogP) is 5.45. The largest absolute Gasteiger partial charge is 0.291 e. The Morgan fingerprint density at radius 2 is 1.37 bits per heavy atom. The smallest absolute Gasteiger partial charge is 0.246 e. The molecular formula is C20H29N2O5. The number of nitrogens with zero attached hydrogens (tertiary/aromatic N) is 2. The summed E-state index contributed by atoms with van der Waals surface area (Å²) in [6, 6.07) is 0. The monoisotopic (exact) mass is 377 g/mol. The summed E-state index contributed by atoms with van der Waals surface area (Å²) >= 11 is 0. The standard InChI is InChI=1S/C20H29N2O5/c1-2-3-4-9-14-19(21(24)25)15-10-6-5-7-11-16-20(22(26)27)17-12-8-13-18-23/h6-7,10-11,14,17H,2-5,8-9,12-13,15-16H2,1H3/b10-6+,11-7+,19-14-,20-17-. The second kappa shape index (κ2) is 16.9. The van der Waals surface area contributed by atoms with Gasteiger partial charge < -0.3 is 0 Å². The molecule has 0 saturated heterocycles. The minimum Gasteiger partial charge on any atom is -0.291 e. The third kappa shape index (κ3) is 14.3. The third-order valence-electron chi connectivity index (χ3n) is 3.78. The average molecular weight is 377 g/mol.